The van der Waals surface area contributed by atoms with Gasteiger partial charge in [0, 0.05) is 5.02 Å². The van der Waals surface area contributed by atoms with Crippen molar-refractivity contribution in [3.63, 3.8) is 0 Å². The predicted octanol–water partition coefficient (Wildman–Crippen LogP) is 4.11. The van der Waals surface area contributed by atoms with Crippen LogP contribution in [0.15, 0.2) is 42.5 Å². The Bertz CT molecular complexity index is 812. The number of ether oxygens (including phenoxy) is 2. The first-order valence-corrected chi connectivity index (χ1v) is 9.53. The molecule has 0 saturated carbocycles. The second kappa shape index (κ2) is 10.8. The number of amides is 2. The van der Waals surface area contributed by atoms with Crippen LogP contribution in [0.1, 0.15) is 31.7 Å². The summed E-state index contributed by atoms with van der Waals surface area (Å²) in [5.74, 6) is 0.324. The van der Waals surface area contributed by atoms with Crippen molar-refractivity contribution < 1.29 is 19.1 Å². The summed E-state index contributed by atoms with van der Waals surface area (Å²) in [6.45, 7) is 3.73. The zero-order valence-electron chi connectivity index (χ0n) is 15.6. The van der Waals surface area contributed by atoms with E-state index in [2.05, 4.69) is 24.7 Å². The van der Waals surface area contributed by atoms with E-state index >= 15 is 0 Å². The summed E-state index contributed by atoms with van der Waals surface area (Å²) < 4.78 is 10.7. The van der Waals surface area contributed by atoms with Crippen LogP contribution in [-0.4, -0.2) is 25.0 Å². The first-order valence-electron chi connectivity index (χ1n) is 8.77. The van der Waals surface area contributed by atoms with E-state index in [1.807, 2.05) is 24.3 Å². The molecular weight excluding hydrogens is 403 g/mol. The molecule has 8 heteroatoms. The Labute approximate surface area is 174 Å². The van der Waals surface area contributed by atoms with Crippen LogP contribution in [0.4, 0.5) is 0 Å². The van der Waals surface area contributed by atoms with Crippen molar-refractivity contribution in [2.75, 3.05) is 13.2 Å². The highest BCUT2D eigenvalue weighted by Crippen LogP contribution is 2.27. The monoisotopic (exact) mass is 424 g/mol. The zero-order chi connectivity index (χ0) is 20.5. The molecule has 2 aromatic carbocycles. The number of hydrogen-bond donors (Lipinski definition) is 2. The highest BCUT2D eigenvalue weighted by molar-refractivity contribution is 6.35. The van der Waals surface area contributed by atoms with Crippen LogP contribution < -0.4 is 20.3 Å². The second-order valence-corrected chi connectivity index (χ2v) is 6.97. The number of benzene rings is 2. The van der Waals surface area contributed by atoms with E-state index in [4.69, 9.17) is 32.7 Å². The Morgan fingerprint density at radius 2 is 1.57 bits per heavy atom. The molecule has 0 aliphatic heterocycles. The molecule has 2 amide bonds. The van der Waals surface area contributed by atoms with Crippen LogP contribution in [0.2, 0.25) is 10.0 Å². The Hall–Kier alpha value is -2.44. The van der Waals surface area contributed by atoms with Crippen molar-refractivity contribution in [2.24, 2.45) is 0 Å². The average molecular weight is 425 g/mol. The summed E-state index contributed by atoms with van der Waals surface area (Å²) in [5.41, 5.74) is 5.71. The topological polar surface area (TPSA) is 76.7 Å². The first kappa shape index (κ1) is 21.9. The number of nitrogens with one attached hydrogen (secondary N) is 2. The summed E-state index contributed by atoms with van der Waals surface area (Å²) in [6.07, 6.45) is 1.05. The van der Waals surface area contributed by atoms with E-state index in [0.717, 1.165) is 6.42 Å². The average Bonchev–Trinajstić information content (AvgIpc) is 2.69. The molecule has 6 nitrogen and oxygen atoms in total. The summed E-state index contributed by atoms with van der Waals surface area (Å²) in [5, 5.41) is 0.751. The number of hydrazine groups is 1. The minimum atomic E-state index is -0.544. The lowest BCUT2D eigenvalue weighted by atomic mass is 9.99. The van der Waals surface area contributed by atoms with E-state index in [-0.39, 0.29) is 18.2 Å². The predicted molar refractivity (Wildman–Crippen MR) is 109 cm³/mol. The lowest BCUT2D eigenvalue weighted by Gasteiger charge is -2.12. The molecule has 2 aromatic rings. The molecule has 28 heavy (non-hydrogen) atoms. The van der Waals surface area contributed by atoms with Crippen LogP contribution >= 0.6 is 23.2 Å². The van der Waals surface area contributed by atoms with Crippen LogP contribution in [0.3, 0.4) is 0 Å². The minimum Gasteiger partial charge on any atom is -0.484 e. The molecule has 0 spiro atoms. The molecule has 0 heterocycles. The quantitative estimate of drug-likeness (QED) is 0.624. The maximum Gasteiger partial charge on any atom is 0.276 e. The third-order valence-corrected chi connectivity index (χ3v) is 4.56. The second-order valence-electron chi connectivity index (χ2n) is 6.13. The molecule has 0 fully saturated rings. The molecule has 0 aromatic heterocycles. The maximum atomic E-state index is 11.8. The van der Waals surface area contributed by atoms with Crippen molar-refractivity contribution in [3.05, 3.63) is 58.1 Å². The molecule has 0 saturated heterocycles. The van der Waals surface area contributed by atoms with Gasteiger partial charge in [-0.15, -0.1) is 0 Å². The third-order valence-electron chi connectivity index (χ3n) is 4.03. The standard InChI is InChI=1S/C20H22Cl2N2O4/c1-3-13(2)14-4-7-16(8-5-14)27-11-19(25)23-24-20(26)12-28-18-9-6-15(21)10-17(18)22/h4-10,13H,3,11-12H2,1-2H3,(H,23,25)(H,24,26). The smallest absolute Gasteiger partial charge is 0.276 e. The van der Waals surface area contributed by atoms with Crippen molar-refractivity contribution in [1.82, 2.24) is 10.9 Å². The molecule has 1 unspecified atom stereocenters. The van der Waals surface area contributed by atoms with E-state index in [1.165, 1.54) is 11.6 Å². The van der Waals surface area contributed by atoms with Crippen molar-refractivity contribution >= 4 is 35.0 Å². The summed E-state index contributed by atoms with van der Waals surface area (Å²) in [4.78, 5) is 23.5. The number of hydrogen-bond acceptors (Lipinski definition) is 4. The van der Waals surface area contributed by atoms with Crippen molar-refractivity contribution in [3.8, 4) is 11.5 Å². The molecule has 0 radical (unpaired) electrons. The zero-order valence-corrected chi connectivity index (χ0v) is 17.1. The number of rotatable bonds is 8. The Balaban J connectivity index is 1.69. The lowest BCUT2D eigenvalue weighted by Crippen LogP contribution is -2.45. The van der Waals surface area contributed by atoms with Gasteiger partial charge in [0.2, 0.25) is 0 Å². The first-order chi connectivity index (χ1) is 13.4. The van der Waals surface area contributed by atoms with Crippen LogP contribution in [0.25, 0.3) is 0 Å². The molecule has 2 rings (SSSR count). The number of carbonyl (C=O) groups excluding carboxylic acids is 2. The third kappa shape index (κ3) is 6.94. The van der Waals surface area contributed by atoms with Crippen LogP contribution in [0.5, 0.6) is 11.5 Å². The van der Waals surface area contributed by atoms with E-state index in [1.54, 1.807) is 12.1 Å². The van der Waals surface area contributed by atoms with Gasteiger partial charge in [-0.05, 0) is 48.2 Å². The SMILES string of the molecule is CCC(C)c1ccc(OCC(=O)NNC(=O)COc2ccc(Cl)cc2Cl)cc1. The fourth-order valence-electron chi connectivity index (χ4n) is 2.22. The number of halogens is 2. The largest absolute Gasteiger partial charge is 0.484 e. The Kier molecular flexibility index (Phi) is 8.42. The van der Waals surface area contributed by atoms with Gasteiger partial charge >= 0.3 is 0 Å². The normalized spacial score (nSPS) is 11.4. The van der Waals surface area contributed by atoms with Crippen molar-refractivity contribution in [1.29, 1.82) is 0 Å². The molecule has 0 bridgehead atoms. The minimum absolute atomic E-state index is 0.229. The van der Waals surface area contributed by atoms with Gasteiger partial charge in [0.15, 0.2) is 13.2 Å². The fraction of sp³-hybridized carbons (Fsp3) is 0.300. The Morgan fingerprint density at radius 3 is 2.14 bits per heavy atom. The number of carbonyl (C=O) groups is 2. The maximum absolute atomic E-state index is 11.8. The van der Waals surface area contributed by atoms with Crippen LogP contribution in [-0.2, 0) is 9.59 Å². The Morgan fingerprint density at radius 1 is 0.964 bits per heavy atom. The van der Waals surface area contributed by atoms with Crippen molar-refractivity contribution in [2.45, 2.75) is 26.2 Å². The van der Waals surface area contributed by atoms with Gasteiger partial charge in [-0.25, -0.2) is 0 Å². The highest BCUT2D eigenvalue weighted by Gasteiger charge is 2.09. The summed E-state index contributed by atoms with van der Waals surface area (Å²) in [7, 11) is 0. The molecule has 0 aliphatic rings. The van der Waals surface area contributed by atoms with Gasteiger partial charge in [0.1, 0.15) is 11.5 Å². The van der Waals surface area contributed by atoms with E-state index in [9.17, 15) is 9.59 Å². The highest BCUT2D eigenvalue weighted by atomic mass is 35.5. The van der Waals surface area contributed by atoms with E-state index < -0.39 is 11.8 Å². The van der Waals surface area contributed by atoms with Gasteiger partial charge in [-0.3, -0.25) is 20.4 Å². The van der Waals surface area contributed by atoms with Gasteiger partial charge < -0.3 is 9.47 Å². The summed E-state index contributed by atoms with van der Waals surface area (Å²) >= 11 is 11.7. The van der Waals surface area contributed by atoms with Gasteiger partial charge in [-0.1, -0.05) is 49.2 Å². The molecule has 0 aliphatic carbocycles. The molecular formula is C20H22Cl2N2O4. The molecule has 150 valence electrons. The molecule has 2 N–H and O–H groups in total. The van der Waals surface area contributed by atoms with Gasteiger partial charge in [0.05, 0.1) is 5.02 Å². The fourth-order valence-corrected chi connectivity index (χ4v) is 2.69. The van der Waals surface area contributed by atoms with Gasteiger partial charge in [-0.2, -0.15) is 0 Å². The van der Waals surface area contributed by atoms with Crippen LogP contribution in [0, 0.1) is 0 Å². The lowest BCUT2D eigenvalue weighted by molar-refractivity contribution is -0.131. The summed E-state index contributed by atoms with van der Waals surface area (Å²) in [6, 6.07) is 12.2. The van der Waals surface area contributed by atoms with Gasteiger partial charge in [0.25, 0.3) is 11.8 Å². The molecule has 1 atom stereocenters. The van der Waals surface area contributed by atoms with E-state index in [0.29, 0.717) is 22.4 Å².